The topological polar surface area (TPSA) is 63.1 Å². The minimum absolute atomic E-state index is 0.239. The number of hydrogen-bond acceptors (Lipinski definition) is 3. The second-order valence-electron chi connectivity index (χ2n) is 7.07. The average Bonchev–Trinajstić information content (AvgIpc) is 2.93. The van der Waals surface area contributed by atoms with Gasteiger partial charge in [-0.25, -0.2) is 9.69 Å². The van der Waals surface area contributed by atoms with Crippen molar-refractivity contribution in [3.05, 3.63) is 64.7 Å². The monoisotopic (exact) mass is 402 g/mol. The summed E-state index contributed by atoms with van der Waals surface area (Å²) < 4.78 is 5.17. The van der Waals surface area contributed by atoms with Crippen molar-refractivity contribution in [1.29, 1.82) is 0 Å². The van der Waals surface area contributed by atoms with Gasteiger partial charge in [0, 0.05) is 10.6 Å². The molecule has 1 fully saturated rings. The Morgan fingerprint density at radius 1 is 1.18 bits per heavy atom. The molecule has 3 rings (SSSR count). The molecule has 7 heteroatoms. The van der Waals surface area contributed by atoms with Gasteiger partial charge in [-0.1, -0.05) is 30.7 Å². The van der Waals surface area contributed by atoms with Crippen molar-refractivity contribution < 1.29 is 19.2 Å². The van der Waals surface area contributed by atoms with E-state index in [0.717, 1.165) is 16.2 Å². The summed E-state index contributed by atoms with van der Waals surface area (Å²) in [5, 5.41) is 3.43. The van der Waals surface area contributed by atoms with Crippen molar-refractivity contribution >= 4 is 23.5 Å². The van der Waals surface area contributed by atoms with Gasteiger partial charge in [-0.15, -0.1) is 0 Å². The largest absolute Gasteiger partial charge is 0.497 e. The van der Waals surface area contributed by atoms with Crippen LogP contribution < -0.4 is 15.0 Å². The van der Waals surface area contributed by atoms with Gasteiger partial charge in [0.05, 0.1) is 14.2 Å². The van der Waals surface area contributed by atoms with Crippen LogP contribution in [0.1, 0.15) is 24.5 Å². The highest BCUT2D eigenvalue weighted by atomic mass is 35.5. The van der Waals surface area contributed by atoms with E-state index in [-0.39, 0.29) is 18.6 Å². The molecule has 1 unspecified atom stereocenters. The second-order valence-corrected chi connectivity index (χ2v) is 7.51. The molecular formula is C21H25ClN3O3+. The summed E-state index contributed by atoms with van der Waals surface area (Å²) in [4.78, 5) is 28.2. The molecule has 148 valence electrons. The molecule has 0 aromatic heterocycles. The number of carbonyl (C=O) groups is 2. The van der Waals surface area contributed by atoms with E-state index >= 15 is 0 Å². The molecule has 1 aliphatic heterocycles. The van der Waals surface area contributed by atoms with E-state index < -0.39 is 5.54 Å². The summed E-state index contributed by atoms with van der Waals surface area (Å²) in [5.74, 6) is 0.557. The van der Waals surface area contributed by atoms with Crippen molar-refractivity contribution in [3.63, 3.8) is 0 Å². The SMILES string of the molecule is CC[C@]1(c2cccc(Cl)c2)NC(=O)N(C[NH+](C)Cc2ccc(OC)cc2)C1=O. The van der Waals surface area contributed by atoms with Gasteiger partial charge in [0.15, 0.2) is 6.67 Å². The van der Waals surface area contributed by atoms with Crippen molar-refractivity contribution in [2.45, 2.75) is 25.4 Å². The van der Waals surface area contributed by atoms with E-state index in [4.69, 9.17) is 16.3 Å². The number of imide groups is 1. The van der Waals surface area contributed by atoms with E-state index in [1.807, 2.05) is 44.3 Å². The first kappa shape index (κ1) is 20.2. The third-order valence-corrected chi connectivity index (χ3v) is 5.35. The van der Waals surface area contributed by atoms with Gasteiger partial charge < -0.3 is 15.0 Å². The van der Waals surface area contributed by atoms with Gasteiger partial charge in [0.1, 0.15) is 17.8 Å². The number of hydrogen-bond donors (Lipinski definition) is 2. The van der Waals surface area contributed by atoms with E-state index in [0.29, 0.717) is 23.6 Å². The fourth-order valence-corrected chi connectivity index (χ4v) is 3.77. The molecule has 6 nitrogen and oxygen atoms in total. The lowest BCUT2D eigenvalue weighted by molar-refractivity contribution is -0.901. The van der Waals surface area contributed by atoms with E-state index in [9.17, 15) is 9.59 Å². The van der Waals surface area contributed by atoms with Gasteiger partial charge >= 0.3 is 6.03 Å². The van der Waals surface area contributed by atoms with Crippen molar-refractivity contribution in [1.82, 2.24) is 10.2 Å². The summed E-state index contributed by atoms with van der Waals surface area (Å²) in [6, 6.07) is 14.5. The van der Waals surface area contributed by atoms with Crippen molar-refractivity contribution in [2.75, 3.05) is 20.8 Å². The molecule has 0 aliphatic carbocycles. The Morgan fingerprint density at radius 2 is 1.89 bits per heavy atom. The zero-order chi connectivity index (χ0) is 20.3. The Bertz CT molecular complexity index is 871. The quantitative estimate of drug-likeness (QED) is 0.698. The Hall–Kier alpha value is -2.57. The number of methoxy groups -OCH3 is 1. The van der Waals surface area contributed by atoms with Gasteiger partial charge in [0.25, 0.3) is 5.91 Å². The number of carbonyl (C=O) groups excluding carboxylic acids is 2. The molecule has 2 atom stereocenters. The summed E-state index contributed by atoms with van der Waals surface area (Å²) in [6.45, 7) is 2.84. The first-order valence-electron chi connectivity index (χ1n) is 9.24. The molecule has 0 spiro atoms. The van der Waals surface area contributed by atoms with Crippen molar-refractivity contribution in [2.24, 2.45) is 0 Å². The van der Waals surface area contributed by atoms with E-state index in [2.05, 4.69) is 5.32 Å². The van der Waals surface area contributed by atoms with Crippen LogP contribution >= 0.6 is 11.6 Å². The lowest BCUT2D eigenvalue weighted by Crippen LogP contribution is -3.09. The van der Waals surface area contributed by atoms with Crippen LogP contribution in [0.25, 0.3) is 0 Å². The summed E-state index contributed by atoms with van der Waals surface area (Å²) in [7, 11) is 3.58. The third-order valence-electron chi connectivity index (χ3n) is 5.12. The number of benzene rings is 2. The Kier molecular flexibility index (Phi) is 5.91. The molecule has 0 saturated carbocycles. The van der Waals surface area contributed by atoms with Crippen LogP contribution in [0.2, 0.25) is 5.02 Å². The number of urea groups is 1. The first-order valence-corrected chi connectivity index (χ1v) is 9.62. The summed E-state index contributed by atoms with van der Waals surface area (Å²) in [5.41, 5.74) is 0.737. The van der Waals surface area contributed by atoms with Crippen LogP contribution in [0.5, 0.6) is 5.75 Å². The minimum atomic E-state index is -1.07. The predicted octanol–water partition coefficient (Wildman–Crippen LogP) is 2.18. The molecular weight excluding hydrogens is 378 g/mol. The standard InChI is InChI=1S/C21H24ClN3O3/c1-4-21(16-6-5-7-17(22)12-16)19(26)25(20(27)23-21)14-24(2)13-15-8-10-18(28-3)11-9-15/h5-12H,4,13-14H2,1-3H3,(H,23,27)/p+1/t21-/m1/s1. The summed E-state index contributed by atoms with van der Waals surface area (Å²) >= 11 is 6.11. The molecule has 28 heavy (non-hydrogen) atoms. The molecule has 3 amide bonds. The highest BCUT2D eigenvalue weighted by Gasteiger charge is 2.52. The zero-order valence-corrected chi connectivity index (χ0v) is 17.0. The Labute approximate surface area is 170 Å². The summed E-state index contributed by atoms with van der Waals surface area (Å²) in [6.07, 6.45) is 0.450. The maximum atomic E-state index is 13.2. The lowest BCUT2D eigenvalue weighted by Gasteiger charge is -2.26. The molecule has 1 heterocycles. The maximum absolute atomic E-state index is 13.2. The fourth-order valence-electron chi connectivity index (χ4n) is 3.58. The Balaban J connectivity index is 1.75. The first-order chi connectivity index (χ1) is 13.4. The van der Waals surface area contributed by atoms with Crippen LogP contribution in [-0.4, -0.2) is 37.7 Å². The van der Waals surface area contributed by atoms with Gasteiger partial charge in [-0.2, -0.15) is 0 Å². The van der Waals surface area contributed by atoms with Crippen LogP contribution in [-0.2, 0) is 16.9 Å². The molecule has 2 aromatic carbocycles. The fraction of sp³-hybridized carbons (Fsp3) is 0.333. The number of nitrogens with one attached hydrogen (secondary N) is 2. The van der Waals surface area contributed by atoms with Crippen LogP contribution in [0.3, 0.4) is 0 Å². The highest BCUT2D eigenvalue weighted by molar-refractivity contribution is 6.30. The predicted molar refractivity (Wildman–Crippen MR) is 107 cm³/mol. The van der Waals surface area contributed by atoms with Gasteiger partial charge in [0.2, 0.25) is 0 Å². The number of amides is 3. The average molecular weight is 403 g/mol. The van der Waals surface area contributed by atoms with Gasteiger partial charge in [-0.3, -0.25) is 4.79 Å². The van der Waals surface area contributed by atoms with Crippen LogP contribution in [0, 0.1) is 0 Å². The Morgan fingerprint density at radius 3 is 2.50 bits per heavy atom. The molecule has 0 bridgehead atoms. The number of ether oxygens (including phenoxy) is 1. The number of rotatable bonds is 7. The minimum Gasteiger partial charge on any atom is -0.497 e. The molecule has 1 saturated heterocycles. The number of nitrogens with zero attached hydrogens (tertiary/aromatic N) is 1. The molecule has 2 aromatic rings. The highest BCUT2D eigenvalue weighted by Crippen LogP contribution is 2.33. The smallest absolute Gasteiger partial charge is 0.329 e. The van der Waals surface area contributed by atoms with Crippen LogP contribution in [0.15, 0.2) is 48.5 Å². The zero-order valence-electron chi connectivity index (χ0n) is 16.3. The maximum Gasteiger partial charge on any atom is 0.329 e. The molecule has 0 radical (unpaired) electrons. The normalized spacial score (nSPS) is 20.2. The van der Waals surface area contributed by atoms with E-state index in [1.165, 1.54) is 4.90 Å². The van der Waals surface area contributed by atoms with Crippen LogP contribution in [0.4, 0.5) is 4.79 Å². The number of halogens is 1. The molecule has 2 N–H and O–H groups in total. The third kappa shape index (κ3) is 3.84. The number of quaternary nitrogens is 1. The van der Waals surface area contributed by atoms with Gasteiger partial charge in [-0.05, 0) is 48.4 Å². The van der Waals surface area contributed by atoms with E-state index in [1.54, 1.807) is 25.3 Å². The van der Waals surface area contributed by atoms with Crippen molar-refractivity contribution in [3.8, 4) is 5.75 Å². The second kappa shape index (κ2) is 8.20. The lowest BCUT2D eigenvalue weighted by atomic mass is 9.87. The molecule has 1 aliphatic rings.